The number of hydrogen-bond donors (Lipinski definition) is 0. The van der Waals surface area contributed by atoms with E-state index in [1.165, 1.54) is 12.8 Å². The summed E-state index contributed by atoms with van der Waals surface area (Å²) in [5.41, 5.74) is 0.947. The van der Waals surface area contributed by atoms with Crippen molar-refractivity contribution in [1.29, 1.82) is 0 Å². The van der Waals surface area contributed by atoms with E-state index in [1.54, 1.807) is 11.3 Å². The van der Waals surface area contributed by atoms with Crippen LogP contribution in [-0.4, -0.2) is 39.8 Å². The number of nitrogens with zero attached hydrogens (tertiary/aromatic N) is 4. The summed E-state index contributed by atoms with van der Waals surface area (Å²) in [5, 5.41) is 3.17. The second-order valence-corrected chi connectivity index (χ2v) is 7.71. The van der Waals surface area contributed by atoms with Gasteiger partial charge in [0.25, 0.3) is 0 Å². The molecule has 0 amide bonds. The molecule has 112 valence electrons. The third-order valence-corrected chi connectivity index (χ3v) is 6.41. The van der Waals surface area contributed by atoms with E-state index in [-0.39, 0.29) is 0 Å². The van der Waals surface area contributed by atoms with E-state index < -0.39 is 0 Å². The summed E-state index contributed by atoms with van der Waals surface area (Å²) in [6, 6.07) is 0.971. The number of ether oxygens (including phenoxy) is 1. The van der Waals surface area contributed by atoms with Gasteiger partial charge in [-0.2, -0.15) is 0 Å². The minimum Gasteiger partial charge on any atom is -0.377 e. The van der Waals surface area contributed by atoms with Crippen LogP contribution in [0.1, 0.15) is 18.5 Å². The highest BCUT2D eigenvalue weighted by Gasteiger charge is 2.39. The fourth-order valence-corrected chi connectivity index (χ4v) is 5.33. The highest BCUT2D eigenvalue weighted by Crippen LogP contribution is 2.37. The molecule has 4 heterocycles. The number of fused-ring (bicyclic) bond motifs is 2. The number of aromatic nitrogens is 3. The van der Waals surface area contributed by atoms with Gasteiger partial charge >= 0.3 is 0 Å². The van der Waals surface area contributed by atoms with E-state index in [1.807, 2.05) is 11.5 Å². The fraction of sp³-hybridized carbons (Fsp3) is 0.538. The van der Waals surface area contributed by atoms with Crippen molar-refractivity contribution in [2.75, 3.05) is 18.1 Å². The maximum atomic E-state index is 5.65. The van der Waals surface area contributed by atoms with Crippen molar-refractivity contribution in [3.05, 3.63) is 20.4 Å². The van der Waals surface area contributed by atoms with Crippen LogP contribution in [0.4, 0.5) is 5.13 Å². The van der Waals surface area contributed by atoms with Gasteiger partial charge < -0.3 is 9.64 Å². The van der Waals surface area contributed by atoms with Crippen LogP contribution in [0.25, 0.3) is 5.82 Å². The first-order valence-corrected chi connectivity index (χ1v) is 9.34. The van der Waals surface area contributed by atoms with Gasteiger partial charge in [0.2, 0.25) is 0 Å². The Balaban J connectivity index is 1.70. The van der Waals surface area contributed by atoms with Crippen LogP contribution in [0.3, 0.4) is 0 Å². The summed E-state index contributed by atoms with van der Waals surface area (Å²) in [5.74, 6) is 0.903. The van der Waals surface area contributed by atoms with Crippen molar-refractivity contribution in [3.8, 4) is 5.82 Å². The molecule has 2 aromatic rings. The van der Waals surface area contributed by atoms with Crippen molar-refractivity contribution >= 4 is 48.3 Å². The Morgan fingerprint density at radius 2 is 1.95 bits per heavy atom. The van der Waals surface area contributed by atoms with Crippen molar-refractivity contribution < 1.29 is 4.74 Å². The van der Waals surface area contributed by atoms with Gasteiger partial charge in [-0.25, -0.2) is 9.97 Å². The van der Waals surface area contributed by atoms with Crippen LogP contribution in [0.15, 0.2) is 14.7 Å². The average Bonchev–Trinajstić information content (AvgIpc) is 3.07. The predicted octanol–water partition coefficient (Wildman–Crippen LogP) is 3.53. The van der Waals surface area contributed by atoms with Crippen LogP contribution < -0.4 is 4.90 Å². The van der Waals surface area contributed by atoms with E-state index in [2.05, 4.69) is 47.1 Å². The molecule has 0 radical (unpaired) electrons. The number of morpholine rings is 1. The molecular formula is C13H14Br2N4OS. The molecule has 2 atom stereocenters. The number of hydrogen-bond acceptors (Lipinski definition) is 5. The van der Waals surface area contributed by atoms with Gasteiger partial charge in [0.15, 0.2) is 15.7 Å². The van der Waals surface area contributed by atoms with Gasteiger partial charge in [-0.3, -0.25) is 4.57 Å². The number of halogens is 2. The smallest absolute Gasteiger partial charge is 0.188 e. The van der Waals surface area contributed by atoms with Crippen molar-refractivity contribution in [3.63, 3.8) is 0 Å². The van der Waals surface area contributed by atoms with Gasteiger partial charge in [0.05, 0.1) is 31.0 Å². The number of aryl methyl sites for hydroxylation is 1. The molecule has 2 unspecified atom stereocenters. The molecule has 2 fully saturated rings. The lowest BCUT2D eigenvalue weighted by molar-refractivity contribution is 0.0906. The zero-order valence-corrected chi connectivity index (χ0v) is 15.4. The first-order valence-electron chi connectivity index (χ1n) is 6.87. The Labute approximate surface area is 143 Å². The van der Waals surface area contributed by atoms with Crippen LogP contribution in [-0.2, 0) is 4.74 Å². The lowest BCUT2D eigenvalue weighted by Gasteiger charge is -2.34. The molecule has 0 aliphatic carbocycles. The SMILES string of the molecule is Cc1nc(Br)n(-c2csc(N3C4CCC3COC4)n2)c1Br. The molecule has 4 rings (SSSR count). The third-order valence-electron chi connectivity index (χ3n) is 4.11. The minimum absolute atomic E-state index is 0.485. The maximum Gasteiger partial charge on any atom is 0.188 e. The maximum absolute atomic E-state index is 5.65. The van der Waals surface area contributed by atoms with Gasteiger partial charge in [0, 0.05) is 5.38 Å². The zero-order chi connectivity index (χ0) is 14.6. The summed E-state index contributed by atoms with van der Waals surface area (Å²) in [6.07, 6.45) is 2.41. The Morgan fingerprint density at radius 1 is 1.24 bits per heavy atom. The average molecular weight is 434 g/mol. The Bertz CT molecular complexity index is 670. The van der Waals surface area contributed by atoms with E-state index in [0.29, 0.717) is 12.1 Å². The Morgan fingerprint density at radius 3 is 2.57 bits per heavy atom. The molecule has 21 heavy (non-hydrogen) atoms. The van der Waals surface area contributed by atoms with Gasteiger partial charge in [-0.15, -0.1) is 11.3 Å². The molecule has 5 nitrogen and oxygen atoms in total. The Hall–Kier alpha value is -0.440. The second-order valence-electron chi connectivity index (χ2n) is 5.41. The first-order chi connectivity index (χ1) is 10.1. The molecule has 0 saturated carbocycles. The van der Waals surface area contributed by atoms with Crippen LogP contribution in [0, 0.1) is 6.92 Å². The van der Waals surface area contributed by atoms with Gasteiger partial charge in [0.1, 0.15) is 4.60 Å². The molecule has 8 heteroatoms. The van der Waals surface area contributed by atoms with Crippen molar-refractivity contribution in [2.45, 2.75) is 31.8 Å². The number of thiazole rings is 1. The van der Waals surface area contributed by atoms with Crippen molar-refractivity contribution in [2.24, 2.45) is 0 Å². The van der Waals surface area contributed by atoms with Crippen molar-refractivity contribution in [1.82, 2.24) is 14.5 Å². The summed E-state index contributed by atoms with van der Waals surface area (Å²) < 4.78 is 9.34. The molecular weight excluding hydrogens is 420 g/mol. The van der Waals surface area contributed by atoms with E-state index in [0.717, 1.165) is 39.2 Å². The number of imidazole rings is 1. The monoisotopic (exact) mass is 432 g/mol. The molecule has 2 aliphatic heterocycles. The zero-order valence-electron chi connectivity index (χ0n) is 11.4. The highest BCUT2D eigenvalue weighted by atomic mass is 79.9. The lowest BCUT2D eigenvalue weighted by Crippen LogP contribution is -2.45. The summed E-state index contributed by atoms with van der Waals surface area (Å²) in [7, 11) is 0. The van der Waals surface area contributed by atoms with Crippen LogP contribution >= 0.6 is 43.2 Å². The molecule has 2 aromatic heterocycles. The van der Waals surface area contributed by atoms with E-state index in [4.69, 9.17) is 9.72 Å². The third kappa shape index (κ3) is 2.27. The standard InChI is InChI=1S/C13H14Br2N4OS/c1-7-11(14)19(12(15)16-7)10-6-21-13(17-10)18-8-2-3-9(18)5-20-4-8/h6,8-9H,2-5H2,1H3. The predicted molar refractivity (Wildman–Crippen MR) is 89.5 cm³/mol. The topological polar surface area (TPSA) is 43.2 Å². The van der Waals surface area contributed by atoms with E-state index in [9.17, 15) is 0 Å². The van der Waals surface area contributed by atoms with Gasteiger partial charge in [-0.1, -0.05) is 0 Å². The largest absolute Gasteiger partial charge is 0.377 e. The first kappa shape index (κ1) is 14.2. The summed E-state index contributed by atoms with van der Waals surface area (Å²) in [6.45, 7) is 3.62. The van der Waals surface area contributed by atoms with Gasteiger partial charge in [-0.05, 0) is 51.6 Å². The molecule has 2 bridgehead atoms. The molecule has 0 spiro atoms. The fourth-order valence-electron chi connectivity index (χ4n) is 3.09. The van der Waals surface area contributed by atoms with E-state index >= 15 is 0 Å². The molecule has 2 aliphatic rings. The molecule has 0 N–H and O–H groups in total. The summed E-state index contributed by atoms with van der Waals surface area (Å²) >= 11 is 8.77. The molecule has 2 saturated heterocycles. The second kappa shape index (κ2) is 5.33. The quantitative estimate of drug-likeness (QED) is 0.726. The number of rotatable bonds is 2. The minimum atomic E-state index is 0.485. The number of anilines is 1. The normalized spacial score (nSPS) is 24.8. The molecule has 0 aromatic carbocycles. The summed E-state index contributed by atoms with van der Waals surface area (Å²) in [4.78, 5) is 11.7. The van der Waals surface area contributed by atoms with Crippen LogP contribution in [0.5, 0.6) is 0 Å². The lowest BCUT2D eigenvalue weighted by atomic mass is 10.2. The Kier molecular flexibility index (Phi) is 3.60. The van der Waals surface area contributed by atoms with Crippen LogP contribution in [0.2, 0.25) is 0 Å². The highest BCUT2D eigenvalue weighted by molar-refractivity contribution is 9.11.